The molecule has 0 heterocycles. The summed E-state index contributed by atoms with van der Waals surface area (Å²) in [5, 5.41) is 8.95. The molecule has 2 N–H and O–H groups in total. The summed E-state index contributed by atoms with van der Waals surface area (Å²) in [6.07, 6.45) is 0.262. The first-order valence-electron chi connectivity index (χ1n) is 5.97. The zero-order chi connectivity index (χ0) is 14.2. The highest BCUT2D eigenvalue weighted by atomic mass is 32.1. The van der Waals surface area contributed by atoms with E-state index in [9.17, 15) is 4.79 Å². The van der Waals surface area contributed by atoms with Gasteiger partial charge in [-0.1, -0.05) is 0 Å². The Hall–Kier alpha value is -0.950. The Bertz CT molecular complexity index is 269. The van der Waals surface area contributed by atoms with Crippen molar-refractivity contribution in [1.82, 2.24) is 10.3 Å². The van der Waals surface area contributed by atoms with Crippen LogP contribution >= 0.6 is 0 Å². The third-order valence-corrected chi connectivity index (χ3v) is 2.23. The smallest absolute Gasteiger partial charge is 0.410 e. The summed E-state index contributed by atoms with van der Waals surface area (Å²) in [4.78, 5) is 13.3. The van der Waals surface area contributed by atoms with Gasteiger partial charge in [0.15, 0.2) is 0 Å². The molecule has 0 saturated heterocycles. The van der Waals surface area contributed by atoms with E-state index in [4.69, 9.17) is 9.84 Å². The number of hydrogen-bond donors (Lipinski definition) is 2. The van der Waals surface area contributed by atoms with Crippen LogP contribution in [0, 0.1) is 0 Å². The summed E-state index contributed by atoms with van der Waals surface area (Å²) in [6, 6.07) is 0.0751. The molecule has 7 heteroatoms. The summed E-state index contributed by atoms with van der Waals surface area (Å²) in [6.45, 7) is 7.99. The minimum atomic E-state index is -0.537. The van der Waals surface area contributed by atoms with Gasteiger partial charge in [-0.15, -0.1) is 4.47 Å². The van der Waals surface area contributed by atoms with Crippen LogP contribution in [0.15, 0.2) is 4.47 Å². The molecular formula is C11H23N3O3S. The van der Waals surface area contributed by atoms with Crippen molar-refractivity contribution in [3.05, 3.63) is 0 Å². The number of nitrogens with one attached hydrogen (secondary N) is 1. The molecule has 0 radical (unpaired) electrons. The Labute approximate surface area is 114 Å². The number of aliphatic hydroxyl groups is 1. The Balaban J connectivity index is 4.28. The lowest BCUT2D eigenvalue weighted by Gasteiger charge is -2.27. The van der Waals surface area contributed by atoms with Crippen LogP contribution in [0.3, 0.4) is 0 Å². The van der Waals surface area contributed by atoms with E-state index in [1.807, 2.05) is 27.7 Å². The minimum absolute atomic E-state index is 0.0751. The van der Waals surface area contributed by atoms with Crippen LogP contribution < -0.4 is 5.43 Å². The van der Waals surface area contributed by atoms with Crippen LogP contribution in [0.1, 0.15) is 34.1 Å². The predicted octanol–water partition coefficient (Wildman–Crippen LogP) is 1.23. The number of ether oxygens (including phenoxy) is 1. The van der Waals surface area contributed by atoms with Gasteiger partial charge in [0, 0.05) is 19.1 Å². The van der Waals surface area contributed by atoms with E-state index in [2.05, 4.69) is 22.3 Å². The standard InChI is InChI=1S/C11H23N3O3S/c1-9(12-13-18)5-6-14(7-8-15)10(16)17-11(2,3)4/h9,15H,5-8H2,1-4H3,(H,12,18)/t9-/m1/s1. The molecule has 18 heavy (non-hydrogen) atoms. The van der Waals surface area contributed by atoms with Crippen molar-refractivity contribution < 1.29 is 14.6 Å². The van der Waals surface area contributed by atoms with Crippen LogP contribution in [0.4, 0.5) is 4.79 Å². The SMILES string of the molecule is C[C@H](CCN(CCO)C(=O)OC(C)(C)C)NN=S. The van der Waals surface area contributed by atoms with Crippen molar-refractivity contribution in [3.8, 4) is 0 Å². The number of carbonyl (C=O) groups is 1. The highest BCUT2D eigenvalue weighted by Crippen LogP contribution is 2.10. The number of carbonyl (C=O) groups excluding carboxylic acids is 1. The second kappa shape index (κ2) is 8.20. The summed E-state index contributed by atoms with van der Waals surface area (Å²) >= 11 is 4.45. The number of aliphatic hydroxyl groups excluding tert-OH is 1. The van der Waals surface area contributed by atoms with E-state index in [1.54, 1.807) is 0 Å². The maximum Gasteiger partial charge on any atom is 0.410 e. The number of hydrogen-bond acceptors (Lipinski definition) is 5. The van der Waals surface area contributed by atoms with Gasteiger partial charge in [-0.2, -0.15) is 0 Å². The molecule has 0 aromatic rings. The molecule has 0 fully saturated rings. The first-order valence-corrected chi connectivity index (χ1v) is 6.33. The Kier molecular flexibility index (Phi) is 7.77. The second-order valence-electron chi connectivity index (χ2n) is 5.10. The highest BCUT2D eigenvalue weighted by molar-refractivity contribution is 7.47. The van der Waals surface area contributed by atoms with Crippen molar-refractivity contribution in [2.45, 2.75) is 45.8 Å². The number of nitrogens with zero attached hydrogens (tertiary/aromatic N) is 2. The van der Waals surface area contributed by atoms with Crippen LogP contribution in [-0.4, -0.2) is 47.4 Å². The van der Waals surface area contributed by atoms with Gasteiger partial charge in [-0.05, 0) is 34.1 Å². The fourth-order valence-electron chi connectivity index (χ4n) is 1.25. The summed E-state index contributed by atoms with van der Waals surface area (Å²) in [5.74, 6) is 0. The third kappa shape index (κ3) is 8.19. The molecule has 0 aliphatic carbocycles. The van der Waals surface area contributed by atoms with E-state index >= 15 is 0 Å². The lowest BCUT2D eigenvalue weighted by atomic mass is 10.2. The second-order valence-corrected chi connectivity index (χ2v) is 5.28. The Morgan fingerprint density at radius 2 is 2.11 bits per heavy atom. The molecule has 0 bridgehead atoms. The van der Waals surface area contributed by atoms with Crippen molar-refractivity contribution in [2.24, 2.45) is 4.47 Å². The zero-order valence-corrected chi connectivity index (χ0v) is 12.3. The maximum atomic E-state index is 11.8. The summed E-state index contributed by atoms with van der Waals surface area (Å²) in [5.41, 5.74) is 2.19. The first kappa shape index (κ1) is 17.1. The van der Waals surface area contributed by atoms with Gasteiger partial charge in [-0.3, -0.25) is 5.43 Å². The maximum absolute atomic E-state index is 11.8. The molecule has 1 atom stereocenters. The predicted molar refractivity (Wildman–Crippen MR) is 71.9 cm³/mol. The van der Waals surface area contributed by atoms with Crippen molar-refractivity contribution in [3.63, 3.8) is 0 Å². The van der Waals surface area contributed by atoms with E-state index in [-0.39, 0.29) is 19.2 Å². The van der Waals surface area contributed by atoms with E-state index in [1.165, 1.54) is 4.90 Å². The highest BCUT2D eigenvalue weighted by Gasteiger charge is 2.21. The average molecular weight is 277 g/mol. The van der Waals surface area contributed by atoms with Gasteiger partial charge in [0.05, 0.1) is 19.0 Å². The van der Waals surface area contributed by atoms with Gasteiger partial charge in [0.1, 0.15) is 5.60 Å². The van der Waals surface area contributed by atoms with Gasteiger partial charge in [0.2, 0.25) is 0 Å². The fourth-order valence-corrected chi connectivity index (χ4v) is 1.43. The van der Waals surface area contributed by atoms with Crippen LogP contribution in [0.25, 0.3) is 0 Å². The monoisotopic (exact) mass is 277 g/mol. The Morgan fingerprint density at radius 3 is 2.56 bits per heavy atom. The molecular weight excluding hydrogens is 254 g/mol. The fraction of sp³-hybridized carbons (Fsp3) is 0.909. The van der Waals surface area contributed by atoms with E-state index < -0.39 is 11.7 Å². The third-order valence-electron chi connectivity index (χ3n) is 2.13. The largest absolute Gasteiger partial charge is 0.444 e. The molecule has 0 aliphatic heterocycles. The molecule has 0 aromatic carbocycles. The van der Waals surface area contributed by atoms with Gasteiger partial charge in [0.25, 0.3) is 0 Å². The normalized spacial score (nSPS) is 12.7. The number of amides is 1. The topological polar surface area (TPSA) is 74.2 Å². The summed E-state index contributed by atoms with van der Waals surface area (Å²) in [7, 11) is 0. The summed E-state index contributed by atoms with van der Waals surface area (Å²) < 4.78 is 8.67. The molecule has 0 spiro atoms. The van der Waals surface area contributed by atoms with E-state index in [0.29, 0.717) is 13.0 Å². The first-order chi connectivity index (χ1) is 8.30. The molecule has 1 amide bonds. The lowest BCUT2D eigenvalue weighted by Crippen LogP contribution is -2.40. The minimum Gasteiger partial charge on any atom is -0.444 e. The van der Waals surface area contributed by atoms with Gasteiger partial charge < -0.3 is 14.7 Å². The van der Waals surface area contributed by atoms with Crippen molar-refractivity contribution >= 4 is 18.5 Å². The molecule has 0 rings (SSSR count). The molecule has 0 saturated carbocycles. The molecule has 0 unspecified atom stereocenters. The zero-order valence-electron chi connectivity index (χ0n) is 11.5. The molecule has 106 valence electrons. The number of rotatable bonds is 7. The lowest BCUT2D eigenvalue weighted by molar-refractivity contribution is 0.0213. The van der Waals surface area contributed by atoms with Crippen molar-refractivity contribution in [1.29, 1.82) is 0 Å². The van der Waals surface area contributed by atoms with Crippen LogP contribution in [0.5, 0.6) is 0 Å². The average Bonchev–Trinajstić information content (AvgIpc) is 2.22. The molecule has 0 aromatic heterocycles. The van der Waals surface area contributed by atoms with E-state index in [0.717, 1.165) is 0 Å². The van der Waals surface area contributed by atoms with Crippen LogP contribution in [0.2, 0.25) is 0 Å². The van der Waals surface area contributed by atoms with Crippen molar-refractivity contribution in [2.75, 3.05) is 19.7 Å². The van der Waals surface area contributed by atoms with Gasteiger partial charge in [-0.25, -0.2) is 4.79 Å². The van der Waals surface area contributed by atoms with Crippen LogP contribution in [-0.2, 0) is 17.2 Å². The Morgan fingerprint density at radius 1 is 1.50 bits per heavy atom. The molecule has 6 nitrogen and oxygen atoms in total. The molecule has 0 aliphatic rings. The van der Waals surface area contributed by atoms with Gasteiger partial charge >= 0.3 is 6.09 Å². The quantitative estimate of drug-likeness (QED) is 0.685.